The maximum atomic E-state index is 11.4. The van der Waals surface area contributed by atoms with Gasteiger partial charge in [0.15, 0.2) is 0 Å². The van der Waals surface area contributed by atoms with Crippen LogP contribution < -0.4 is 5.32 Å². The van der Waals surface area contributed by atoms with Crippen molar-refractivity contribution in [2.75, 3.05) is 13.2 Å². The van der Waals surface area contributed by atoms with Gasteiger partial charge < -0.3 is 15.2 Å². The summed E-state index contributed by atoms with van der Waals surface area (Å²) in [5.41, 5.74) is 0.983. The number of aliphatic hydroxyl groups excluding tert-OH is 1. The van der Waals surface area contributed by atoms with E-state index in [0.717, 1.165) is 18.4 Å². The molecule has 4 heteroatoms. The third-order valence-corrected chi connectivity index (χ3v) is 3.34. The minimum absolute atomic E-state index is 0.259. The second-order valence-corrected chi connectivity index (χ2v) is 4.83. The van der Waals surface area contributed by atoms with Crippen LogP contribution in [0.25, 0.3) is 0 Å². The number of nitrogens with one attached hydrogen (secondary N) is 1. The second kappa shape index (κ2) is 6.40. The number of alkyl carbamates (subject to hydrolysis) is 1. The summed E-state index contributed by atoms with van der Waals surface area (Å²) in [5, 5.41) is 11.6. The van der Waals surface area contributed by atoms with E-state index < -0.39 is 0 Å². The minimum atomic E-state index is -0.369. The Morgan fingerprint density at radius 2 is 2.00 bits per heavy atom. The van der Waals surface area contributed by atoms with Gasteiger partial charge in [-0.2, -0.15) is 0 Å². The molecule has 18 heavy (non-hydrogen) atoms. The molecule has 1 saturated carbocycles. The standard InChI is InChI=1S/C14H19NO3/c16-9-13-6-12(7-13)8-15-14(17)18-10-11-4-2-1-3-5-11/h1-5,12-13,16H,6-10H2,(H,15,17). The maximum Gasteiger partial charge on any atom is 0.407 e. The van der Waals surface area contributed by atoms with Crippen LogP contribution in [-0.2, 0) is 11.3 Å². The van der Waals surface area contributed by atoms with E-state index in [-0.39, 0.29) is 12.7 Å². The smallest absolute Gasteiger partial charge is 0.407 e. The lowest BCUT2D eigenvalue weighted by molar-refractivity contribution is 0.0994. The van der Waals surface area contributed by atoms with Crippen LogP contribution in [0.5, 0.6) is 0 Å². The van der Waals surface area contributed by atoms with Gasteiger partial charge >= 0.3 is 6.09 Å². The largest absolute Gasteiger partial charge is 0.445 e. The average molecular weight is 249 g/mol. The molecule has 1 aliphatic carbocycles. The Balaban J connectivity index is 1.59. The van der Waals surface area contributed by atoms with E-state index in [2.05, 4.69) is 5.32 Å². The Morgan fingerprint density at radius 1 is 1.28 bits per heavy atom. The van der Waals surface area contributed by atoms with E-state index in [0.29, 0.717) is 25.0 Å². The van der Waals surface area contributed by atoms with Crippen molar-refractivity contribution in [3.05, 3.63) is 35.9 Å². The van der Waals surface area contributed by atoms with Crippen LogP contribution in [-0.4, -0.2) is 24.4 Å². The number of carbonyl (C=O) groups excluding carboxylic acids is 1. The Labute approximate surface area is 107 Å². The molecule has 2 rings (SSSR count). The van der Waals surface area contributed by atoms with Crippen molar-refractivity contribution in [1.29, 1.82) is 0 Å². The molecule has 0 bridgehead atoms. The quantitative estimate of drug-likeness (QED) is 0.838. The number of rotatable bonds is 5. The van der Waals surface area contributed by atoms with Gasteiger partial charge in [-0.05, 0) is 30.2 Å². The van der Waals surface area contributed by atoms with Gasteiger partial charge in [0, 0.05) is 13.2 Å². The summed E-state index contributed by atoms with van der Waals surface area (Å²) in [7, 11) is 0. The maximum absolute atomic E-state index is 11.4. The summed E-state index contributed by atoms with van der Waals surface area (Å²) in [4.78, 5) is 11.4. The van der Waals surface area contributed by atoms with Crippen molar-refractivity contribution in [2.45, 2.75) is 19.4 Å². The highest BCUT2D eigenvalue weighted by Gasteiger charge is 2.28. The van der Waals surface area contributed by atoms with Gasteiger partial charge in [-0.1, -0.05) is 30.3 Å². The molecule has 0 unspecified atom stereocenters. The molecule has 1 amide bonds. The molecule has 0 saturated heterocycles. The van der Waals surface area contributed by atoms with Crippen LogP contribution in [0.3, 0.4) is 0 Å². The summed E-state index contributed by atoms with van der Waals surface area (Å²) in [6, 6.07) is 9.60. The van der Waals surface area contributed by atoms with Crippen LogP contribution in [0.2, 0.25) is 0 Å². The first-order valence-corrected chi connectivity index (χ1v) is 6.33. The van der Waals surface area contributed by atoms with Crippen molar-refractivity contribution < 1.29 is 14.6 Å². The zero-order valence-corrected chi connectivity index (χ0v) is 10.3. The van der Waals surface area contributed by atoms with Crippen LogP contribution >= 0.6 is 0 Å². The summed E-state index contributed by atoms with van der Waals surface area (Å²) >= 11 is 0. The van der Waals surface area contributed by atoms with Crippen molar-refractivity contribution >= 4 is 6.09 Å². The van der Waals surface area contributed by atoms with Gasteiger partial charge in [0.2, 0.25) is 0 Å². The van der Waals surface area contributed by atoms with E-state index in [4.69, 9.17) is 9.84 Å². The number of hydrogen-bond donors (Lipinski definition) is 2. The number of carbonyl (C=O) groups is 1. The van der Waals surface area contributed by atoms with Crippen LogP contribution in [0.1, 0.15) is 18.4 Å². The lowest BCUT2D eigenvalue weighted by Gasteiger charge is -2.33. The molecule has 1 aliphatic rings. The third-order valence-electron chi connectivity index (χ3n) is 3.34. The van der Waals surface area contributed by atoms with Crippen molar-refractivity contribution in [3.63, 3.8) is 0 Å². The molecule has 1 aromatic carbocycles. The number of hydrogen-bond acceptors (Lipinski definition) is 3. The molecular formula is C14H19NO3. The molecular weight excluding hydrogens is 230 g/mol. The molecule has 0 heterocycles. The highest BCUT2D eigenvalue weighted by Crippen LogP contribution is 2.32. The Bertz CT molecular complexity index is 374. The summed E-state index contributed by atoms with van der Waals surface area (Å²) in [6.45, 7) is 1.20. The average Bonchev–Trinajstić information content (AvgIpc) is 2.36. The van der Waals surface area contributed by atoms with Crippen LogP contribution in [0.15, 0.2) is 30.3 Å². The molecule has 98 valence electrons. The van der Waals surface area contributed by atoms with Gasteiger partial charge in [0.05, 0.1) is 0 Å². The molecule has 0 aliphatic heterocycles. The normalized spacial score (nSPS) is 22.1. The number of amides is 1. The summed E-state index contributed by atoms with van der Waals surface area (Å²) in [6.07, 6.45) is 1.62. The minimum Gasteiger partial charge on any atom is -0.445 e. The number of benzene rings is 1. The van der Waals surface area contributed by atoms with Gasteiger partial charge in [-0.15, -0.1) is 0 Å². The molecule has 1 aromatic rings. The SMILES string of the molecule is O=C(NCC1CC(CO)C1)OCc1ccccc1. The Kier molecular flexibility index (Phi) is 4.59. The number of aliphatic hydroxyl groups is 1. The highest BCUT2D eigenvalue weighted by molar-refractivity contribution is 5.67. The predicted molar refractivity (Wildman–Crippen MR) is 67.9 cm³/mol. The highest BCUT2D eigenvalue weighted by atomic mass is 16.5. The number of ether oxygens (including phenoxy) is 1. The zero-order chi connectivity index (χ0) is 12.8. The molecule has 0 radical (unpaired) electrons. The topological polar surface area (TPSA) is 58.6 Å². The van der Waals surface area contributed by atoms with Gasteiger partial charge in [0.1, 0.15) is 6.61 Å². The Hall–Kier alpha value is -1.55. The summed E-state index contributed by atoms with van der Waals surface area (Å²) in [5.74, 6) is 0.920. The first-order valence-electron chi connectivity index (χ1n) is 6.33. The Morgan fingerprint density at radius 3 is 2.67 bits per heavy atom. The van der Waals surface area contributed by atoms with E-state index in [9.17, 15) is 4.79 Å². The first-order chi connectivity index (χ1) is 8.78. The van der Waals surface area contributed by atoms with Crippen LogP contribution in [0, 0.1) is 11.8 Å². The third kappa shape index (κ3) is 3.74. The molecule has 1 fully saturated rings. The monoisotopic (exact) mass is 249 g/mol. The van der Waals surface area contributed by atoms with E-state index >= 15 is 0 Å². The van der Waals surface area contributed by atoms with E-state index in [1.807, 2.05) is 30.3 Å². The van der Waals surface area contributed by atoms with Crippen LogP contribution in [0.4, 0.5) is 4.79 Å². The van der Waals surface area contributed by atoms with Crippen molar-refractivity contribution in [2.24, 2.45) is 11.8 Å². The zero-order valence-electron chi connectivity index (χ0n) is 10.3. The lowest BCUT2D eigenvalue weighted by atomic mass is 9.75. The van der Waals surface area contributed by atoms with Gasteiger partial charge in [-0.3, -0.25) is 0 Å². The second-order valence-electron chi connectivity index (χ2n) is 4.83. The van der Waals surface area contributed by atoms with Gasteiger partial charge in [0.25, 0.3) is 0 Å². The van der Waals surface area contributed by atoms with Gasteiger partial charge in [-0.25, -0.2) is 4.79 Å². The summed E-state index contributed by atoms with van der Waals surface area (Å²) < 4.78 is 5.10. The lowest BCUT2D eigenvalue weighted by Crippen LogP contribution is -2.37. The fraction of sp³-hybridized carbons (Fsp3) is 0.500. The van der Waals surface area contributed by atoms with Crippen molar-refractivity contribution in [1.82, 2.24) is 5.32 Å². The molecule has 0 spiro atoms. The van der Waals surface area contributed by atoms with E-state index in [1.165, 1.54) is 0 Å². The first kappa shape index (κ1) is 12.9. The van der Waals surface area contributed by atoms with E-state index in [1.54, 1.807) is 0 Å². The predicted octanol–water partition coefficient (Wildman–Crippen LogP) is 1.93. The molecule has 4 nitrogen and oxygen atoms in total. The van der Waals surface area contributed by atoms with Crippen molar-refractivity contribution in [3.8, 4) is 0 Å². The molecule has 0 aromatic heterocycles. The fourth-order valence-electron chi connectivity index (χ4n) is 2.19. The molecule has 0 atom stereocenters. The fourth-order valence-corrected chi connectivity index (χ4v) is 2.19. The molecule has 2 N–H and O–H groups in total.